The van der Waals surface area contributed by atoms with Gasteiger partial charge in [0.05, 0.1) is 4.90 Å². The Morgan fingerprint density at radius 2 is 2.00 bits per heavy atom. The van der Waals surface area contributed by atoms with E-state index in [1.54, 1.807) is 12.1 Å². The molecule has 1 saturated heterocycles. The average Bonchev–Trinajstić information content (AvgIpc) is 2.47. The third-order valence-electron chi connectivity index (χ3n) is 3.99. The van der Waals surface area contributed by atoms with Crippen molar-refractivity contribution in [1.29, 1.82) is 0 Å². The predicted octanol–water partition coefficient (Wildman–Crippen LogP) is 2.65. The van der Waals surface area contributed by atoms with E-state index in [1.165, 1.54) is 5.56 Å². The number of hydrogen-bond donors (Lipinski definition) is 2. The number of hydrogen-bond acceptors (Lipinski definition) is 3. The second-order valence-corrected chi connectivity index (χ2v) is 7.26. The van der Waals surface area contributed by atoms with Gasteiger partial charge in [-0.3, -0.25) is 0 Å². The topological polar surface area (TPSA) is 58.2 Å². The number of benzene rings is 1. The average molecular weight is 333 g/mol. The fourth-order valence-electron chi connectivity index (χ4n) is 2.45. The summed E-state index contributed by atoms with van der Waals surface area (Å²) in [6.45, 7) is 5.97. The summed E-state index contributed by atoms with van der Waals surface area (Å²) in [5.74, 6) is 0.460. The number of piperidine rings is 1. The van der Waals surface area contributed by atoms with Crippen LogP contribution in [0.25, 0.3) is 0 Å². The minimum absolute atomic E-state index is 0. The van der Waals surface area contributed by atoms with E-state index in [9.17, 15) is 8.42 Å². The lowest BCUT2D eigenvalue weighted by Gasteiger charge is -2.23. The molecule has 4 nitrogen and oxygen atoms in total. The Hall–Kier alpha value is -0.620. The van der Waals surface area contributed by atoms with Crippen molar-refractivity contribution in [3.63, 3.8) is 0 Å². The molecule has 0 spiro atoms. The summed E-state index contributed by atoms with van der Waals surface area (Å²) in [4.78, 5) is 0.357. The summed E-state index contributed by atoms with van der Waals surface area (Å²) >= 11 is 0. The molecule has 1 aliphatic rings. The van der Waals surface area contributed by atoms with Crippen molar-refractivity contribution in [3.05, 3.63) is 29.8 Å². The minimum atomic E-state index is -3.40. The van der Waals surface area contributed by atoms with Crippen LogP contribution in [0.1, 0.15) is 44.6 Å². The van der Waals surface area contributed by atoms with E-state index >= 15 is 0 Å². The third kappa shape index (κ3) is 4.95. The number of rotatable bonds is 5. The van der Waals surface area contributed by atoms with Crippen molar-refractivity contribution in [2.24, 2.45) is 0 Å². The van der Waals surface area contributed by atoms with E-state index in [4.69, 9.17) is 0 Å². The highest BCUT2D eigenvalue weighted by Gasteiger charge is 2.21. The van der Waals surface area contributed by atoms with Gasteiger partial charge >= 0.3 is 0 Å². The van der Waals surface area contributed by atoms with Crippen LogP contribution in [0, 0.1) is 0 Å². The van der Waals surface area contributed by atoms with Crippen LogP contribution in [0.3, 0.4) is 0 Å². The van der Waals surface area contributed by atoms with Crippen LogP contribution < -0.4 is 10.0 Å². The summed E-state index contributed by atoms with van der Waals surface area (Å²) in [6, 6.07) is 7.26. The Kier molecular flexibility index (Phi) is 7.13. The largest absolute Gasteiger partial charge is 0.315 e. The molecule has 1 heterocycles. The predicted molar refractivity (Wildman–Crippen MR) is 88.6 cm³/mol. The van der Waals surface area contributed by atoms with E-state index in [0.29, 0.717) is 17.4 Å². The summed E-state index contributed by atoms with van der Waals surface area (Å²) < 4.78 is 27.4. The molecule has 1 unspecified atom stereocenters. The van der Waals surface area contributed by atoms with Gasteiger partial charge in [0.15, 0.2) is 0 Å². The van der Waals surface area contributed by atoms with Crippen molar-refractivity contribution in [2.45, 2.75) is 50.0 Å². The summed E-state index contributed by atoms with van der Waals surface area (Å²) in [6.07, 6.45) is 2.97. The molecule has 1 fully saturated rings. The lowest BCUT2D eigenvalue weighted by Crippen LogP contribution is -2.45. The summed E-state index contributed by atoms with van der Waals surface area (Å²) in [5.41, 5.74) is 1.19. The van der Waals surface area contributed by atoms with Crippen LogP contribution in [0.2, 0.25) is 0 Å². The van der Waals surface area contributed by atoms with Gasteiger partial charge in [-0.1, -0.05) is 26.0 Å². The molecule has 1 aromatic carbocycles. The first-order chi connectivity index (χ1) is 9.53. The quantitative estimate of drug-likeness (QED) is 0.871. The molecule has 2 atom stereocenters. The highest BCUT2D eigenvalue weighted by Crippen LogP contribution is 2.20. The normalized spacial score (nSPS) is 20.6. The second-order valence-electron chi connectivity index (χ2n) is 5.54. The molecule has 0 aromatic heterocycles. The first kappa shape index (κ1) is 18.4. The molecular weight excluding hydrogens is 308 g/mol. The summed E-state index contributed by atoms with van der Waals surface area (Å²) in [5, 5.41) is 3.21. The summed E-state index contributed by atoms with van der Waals surface area (Å²) in [7, 11) is -3.40. The van der Waals surface area contributed by atoms with Crippen LogP contribution in [0.15, 0.2) is 29.2 Å². The van der Waals surface area contributed by atoms with E-state index in [2.05, 4.69) is 23.9 Å². The Balaban J connectivity index is 0.00000220. The molecule has 1 aromatic rings. The van der Waals surface area contributed by atoms with Gasteiger partial charge in [-0.2, -0.15) is 0 Å². The van der Waals surface area contributed by atoms with Gasteiger partial charge in [0, 0.05) is 12.6 Å². The van der Waals surface area contributed by atoms with Crippen LogP contribution in [0.5, 0.6) is 0 Å². The lowest BCUT2D eigenvalue weighted by molar-refractivity contribution is 0.428. The molecule has 0 bridgehead atoms. The maximum Gasteiger partial charge on any atom is 0.240 e. The van der Waals surface area contributed by atoms with E-state index in [0.717, 1.165) is 25.8 Å². The SMILES string of the molecule is CCC(C)c1ccc(S(=O)(=O)N[C@H]2CCCNC2)cc1.Cl. The molecule has 0 amide bonds. The van der Waals surface area contributed by atoms with Gasteiger partial charge in [0.2, 0.25) is 10.0 Å². The Bertz CT molecular complexity index is 525. The zero-order chi connectivity index (χ0) is 14.6. The van der Waals surface area contributed by atoms with Crippen LogP contribution >= 0.6 is 12.4 Å². The zero-order valence-corrected chi connectivity index (χ0v) is 14.3. The molecule has 0 saturated carbocycles. The Morgan fingerprint density at radius 3 is 2.52 bits per heavy atom. The van der Waals surface area contributed by atoms with Gasteiger partial charge in [-0.25, -0.2) is 13.1 Å². The highest BCUT2D eigenvalue weighted by atomic mass is 35.5. The molecule has 21 heavy (non-hydrogen) atoms. The van der Waals surface area contributed by atoms with Crippen molar-refractivity contribution in [2.75, 3.05) is 13.1 Å². The van der Waals surface area contributed by atoms with Crippen LogP contribution in [0.4, 0.5) is 0 Å². The molecule has 6 heteroatoms. The van der Waals surface area contributed by atoms with Gasteiger partial charge in [-0.05, 0) is 49.4 Å². The van der Waals surface area contributed by atoms with Crippen LogP contribution in [-0.4, -0.2) is 27.5 Å². The third-order valence-corrected chi connectivity index (χ3v) is 5.53. The van der Waals surface area contributed by atoms with Crippen LogP contribution in [-0.2, 0) is 10.0 Å². The molecule has 0 radical (unpaired) electrons. The molecule has 120 valence electrons. The maximum absolute atomic E-state index is 12.3. The minimum Gasteiger partial charge on any atom is -0.315 e. The second kappa shape index (κ2) is 8.13. The van der Waals surface area contributed by atoms with E-state index in [-0.39, 0.29) is 18.4 Å². The smallest absolute Gasteiger partial charge is 0.240 e. The fraction of sp³-hybridized carbons (Fsp3) is 0.600. The monoisotopic (exact) mass is 332 g/mol. The number of nitrogens with one attached hydrogen (secondary N) is 2. The van der Waals surface area contributed by atoms with Crippen molar-refractivity contribution in [1.82, 2.24) is 10.0 Å². The lowest BCUT2D eigenvalue weighted by atomic mass is 9.99. The molecule has 2 rings (SSSR count). The first-order valence-electron chi connectivity index (χ1n) is 7.36. The van der Waals surface area contributed by atoms with Gasteiger partial charge in [-0.15, -0.1) is 12.4 Å². The highest BCUT2D eigenvalue weighted by molar-refractivity contribution is 7.89. The van der Waals surface area contributed by atoms with Gasteiger partial charge in [0.1, 0.15) is 0 Å². The molecule has 1 aliphatic heterocycles. The van der Waals surface area contributed by atoms with Gasteiger partial charge < -0.3 is 5.32 Å². The standard InChI is InChI=1S/C15H24N2O2S.ClH/c1-3-12(2)13-6-8-15(9-7-13)20(18,19)17-14-5-4-10-16-11-14;/h6-9,12,14,16-17H,3-5,10-11H2,1-2H3;1H/t12?,14-;/m0./s1. The molecule has 2 N–H and O–H groups in total. The number of halogens is 1. The Labute approximate surface area is 134 Å². The zero-order valence-electron chi connectivity index (χ0n) is 12.6. The van der Waals surface area contributed by atoms with E-state index < -0.39 is 10.0 Å². The first-order valence-corrected chi connectivity index (χ1v) is 8.84. The Morgan fingerprint density at radius 1 is 1.33 bits per heavy atom. The van der Waals surface area contributed by atoms with Gasteiger partial charge in [0.25, 0.3) is 0 Å². The fourth-order valence-corrected chi connectivity index (χ4v) is 3.72. The van der Waals surface area contributed by atoms with E-state index in [1.807, 2.05) is 12.1 Å². The van der Waals surface area contributed by atoms with Crippen molar-refractivity contribution >= 4 is 22.4 Å². The van der Waals surface area contributed by atoms with Crippen molar-refractivity contribution < 1.29 is 8.42 Å². The number of sulfonamides is 1. The molecular formula is C15H25ClN2O2S. The van der Waals surface area contributed by atoms with Crippen molar-refractivity contribution in [3.8, 4) is 0 Å². The molecule has 0 aliphatic carbocycles. The maximum atomic E-state index is 12.3.